The molecule has 0 fully saturated rings. The number of carbonyl (C=O) groups excluding carboxylic acids is 2. The number of carbonyl (C=O) groups is 2. The third-order valence-corrected chi connectivity index (χ3v) is 4.50. The Labute approximate surface area is 163 Å². The van der Waals surface area contributed by atoms with Crippen LogP contribution in [0.25, 0.3) is 11.0 Å². The predicted octanol–water partition coefficient (Wildman–Crippen LogP) is 4.18. The van der Waals surface area contributed by atoms with E-state index in [2.05, 4.69) is 10.3 Å². The molecule has 0 unspecified atom stereocenters. The largest absolute Gasteiger partial charge is 0.459 e. The van der Waals surface area contributed by atoms with Gasteiger partial charge in [0.25, 0.3) is 11.7 Å². The van der Waals surface area contributed by atoms with Crippen molar-refractivity contribution >= 4 is 34.6 Å². The number of aromatic nitrogens is 1. The summed E-state index contributed by atoms with van der Waals surface area (Å²) in [7, 11) is 0. The van der Waals surface area contributed by atoms with Gasteiger partial charge in [-0.1, -0.05) is 18.2 Å². The molecule has 28 heavy (non-hydrogen) atoms. The molecule has 2 aromatic heterocycles. The van der Waals surface area contributed by atoms with Crippen molar-refractivity contribution < 1.29 is 27.5 Å². The van der Waals surface area contributed by atoms with Crippen LogP contribution in [0.15, 0.2) is 58.1 Å². The van der Waals surface area contributed by atoms with Crippen LogP contribution in [0.3, 0.4) is 0 Å². The fourth-order valence-corrected chi connectivity index (χ4v) is 3.07. The van der Waals surface area contributed by atoms with E-state index in [0.717, 1.165) is 5.39 Å². The molecule has 0 aliphatic rings. The topological polar surface area (TPSA) is 81.4 Å². The van der Waals surface area contributed by atoms with Gasteiger partial charge in [0.2, 0.25) is 0 Å². The molecule has 1 aromatic carbocycles. The average Bonchev–Trinajstić information content (AvgIpc) is 3.10. The second-order valence-corrected chi connectivity index (χ2v) is 6.77. The summed E-state index contributed by atoms with van der Waals surface area (Å²) in [6.45, 7) is 1.17. The Morgan fingerprint density at radius 2 is 2.04 bits per heavy atom. The van der Waals surface area contributed by atoms with E-state index in [1.54, 1.807) is 6.92 Å². The number of para-hydroxylation sites is 1. The second kappa shape index (κ2) is 8.83. The second-order valence-electron chi connectivity index (χ2n) is 5.79. The van der Waals surface area contributed by atoms with Crippen molar-refractivity contribution in [3.05, 3.63) is 60.0 Å². The first-order valence-corrected chi connectivity index (χ1v) is 9.17. The zero-order valence-corrected chi connectivity index (χ0v) is 15.5. The Morgan fingerprint density at radius 1 is 1.25 bits per heavy atom. The smallest absolute Gasteiger partial charge is 0.341 e. The van der Waals surface area contributed by atoms with Gasteiger partial charge in [0.15, 0.2) is 6.61 Å². The molecule has 9 heteroatoms. The van der Waals surface area contributed by atoms with Gasteiger partial charge >= 0.3 is 5.97 Å². The molecule has 0 aliphatic heterocycles. The number of fused-ring (bicyclic) bond motifs is 1. The summed E-state index contributed by atoms with van der Waals surface area (Å²) in [5.74, 6) is -3.62. The van der Waals surface area contributed by atoms with Crippen molar-refractivity contribution in [3.8, 4) is 0 Å². The SMILES string of the molecule is C[C@@H](NC(=O)COC(=O)c1cccnc1SC(F)F)c1cc2ccccc2o1. The summed E-state index contributed by atoms with van der Waals surface area (Å²) in [5.41, 5.74) is 0.580. The lowest BCUT2D eigenvalue weighted by molar-refractivity contribution is -0.125. The van der Waals surface area contributed by atoms with E-state index in [1.165, 1.54) is 18.3 Å². The number of nitrogens with zero attached hydrogens (tertiary/aromatic N) is 1. The van der Waals surface area contributed by atoms with E-state index in [1.807, 2.05) is 30.3 Å². The highest BCUT2D eigenvalue weighted by Crippen LogP contribution is 2.27. The number of alkyl halides is 2. The number of benzene rings is 1. The molecule has 2 heterocycles. The molecule has 3 aromatic rings. The van der Waals surface area contributed by atoms with E-state index in [-0.39, 0.29) is 22.4 Å². The number of halogens is 2. The normalized spacial score (nSPS) is 12.1. The lowest BCUT2D eigenvalue weighted by atomic mass is 10.2. The molecule has 3 rings (SSSR count). The number of hydrogen-bond donors (Lipinski definition) is 1. The minimum Gasteiger partial charge on any atom is -0.459 e. The number of amides is 1. The Balaban J connectivity index is 1.57. The van der Waals surface area contributed by atoms with E-state index in [4.69, 9.17) is 9.15 Å². The van der Waals surface area contributed by atoms with Crippen LogP contribution in [-0.2, 0) is 9.53 Å². The number of furan rings is 1. The lowest BCUT2D eigenvalue weighted by Gasteiger charge is -2.12. The molecular formula is C19H16F2N2O4S. The highest BCUT2D eigenvalue weighted by Gasteiger charge is 2.20. The third kappa shape index (κ3) is 4.86. The number of nitrogens with one attached hydrogen (secondary N) is 1. The maximum Gasteiger partial charge on any atom is 0.341 e. The zero-order valence-electron chi connectivity index (χ0n) is 14.7. The molecule has 1 atom stereocenters. The average molecular weight is 406 g/mol. The maximum absolute atomic E-state index is 12.6. The standard InChI is InChI=1S/C19H16F2N2O4S/c1-11(15-9-12-5-2-3-7-14(12)27-15)23-16(24)10-26-18(25)13-6-4-8-22-17(13)28-19(20)21/h2-9,11,19H,10H2,1H3,(H,23,24)/t11-/m1/s1. The van der Waals surface area contributed by atoms with Crippen LogP contribution in [0.2, 0.25) is 0 Å². The number of esters is 1. The molecule has 0 bridgehead atoms. The summed E-state index contributed by atoms with van der Waals surface area (Å²) < 4.78 is 35.7. The van der Waals surface area contributed by atoms with Crippen LogP contribution in [0, 0.1) is 0 Å². The molecule has 1 N–H and O–H groups in total. The fraction of sp³-hybridized carbons (Fsp3) is 0.211. The van der Waals surface area contributed by atoms with Gasteiger partial charge in [0.05, 0.1) is 11.6 Å². The summed E-state index contributed by atoms with van der Waals surface area (Å²) in [6, 6.07) is 11.5. The monoisotopic (exact) mass is 406 g/mol. The van der Waals surface area contributed by atoms with Crippen LogP contribution in [0.1, 0.15) is 29.1 Å². The predicted molar refractivity (Wildman–Crippen MR) is 99.2 cm³/mol. The zero-order chi connectivity index (χ0) is 20.1. The maximum atomic E-state index is 12.6. The Hall–Kier alpha value is -2.94. The molecule has 0 radical (unpaired) electrons. The number of hydrogen-bond acceptors (Lipinski definition) is 6. The van der Waals surface area contributed by atoms with Crippen molar-refractivity contribution in [3.63, 3.8) is 0 Å². The molecule has 0 aliphatic carbocycles. The van der Waals surface area contributed by atoms with Crippen molar-refractivity contribution in [1.82, 2.24) is 10.3 Å². The van der Waals surface area contributed by atoms with Crippen LogP contribution in [-0.4, -0.2) is 29.2 Å². The van der Waals surface area contributed by atoms with Gasteiger partial charge in [-0.05, 0) is 43.0 Å². The summed E-state index contributed by atoms with van der Waals surface area (Å²) in [6.07, 6.45) is 1.29. The van der Waals surface area contributed by atoms with E-state index in [0.29, 0.717) is 11.3 Å². The third-order valence-electron chi connectivity index (χ3n) is 3.77. The molecule has 6 nitrogen and oxygen atoms in total. The van der Waals surface area contributed by atoms with Crippen molar-refractivity contribution in [1.29, 1.82) is 0 Å². The first kappa shape index (κ1) is 19.8. The van der Waals surface area contributed by atoms with Crippen LogP contribution >= 0.6 is 11.8 Å². The van der Waals surface area contributed by atoms with E-state index < -0.39 is 30.3 Å². The Bertz CT molecular complexity index is 960. The summed E-state index contributed by atoms with van der Waals surface area (Å²) in [4.78, 5) is 27.9. The molecule has 146 valence electrons. The van der Waals surface area contributed by atoms with Crippen molar-refractivity contribution in [2.75, 3.05) is 6.61 Å². The van der Waals surface area contributed by atoms with Gasteiger partial charge in [-0.2, -0.15) is 8.78 Å². The number of pyridine rings is 1. The van der Waals surface area contributed by atoms with Gasteiger partial charge < -0.3 is 14.5 Å². The first-order valence-electron chi connectivity index (χ1n) is 8.29. The van der Waals surface area contributed by atoms with Crippen LogP contribution in [0.5, 0.6) is 0 Å². The highest BCUT2D eigenvalue weighted by atomic mass is 32.2. The number of thioether (sulfide) groups is 1. The molecule has 0 spiro atoms. The van der Waals surface area contributed by atoms with E-state index >= 15 is 0 Å². The quantitative estimate of drug-likeness (QED) is 0.468. The minimum absolute atomic E-state index is 0.120. The van der Waals surface area contributed by atoms with E-state index in [9.17, 15) is 18.4 Å². The first-order chi connectivity index (χ1) is 13.4. The number of ether oxygens (including phenoxy) is 1. The van der Waals surface area contributed by atoms with Crippen LogP contribution < -0.4 is 5.32 Å². The Morgan fingerprint density at radius 3 is 2.79 bits per heavy atom. The minimum atomic E-state index is -2.73. The van der Waals surface area contributed by atoms with Gasteiger partial charge in [-0.3, -0.25) is 4.79 Å². The molecular weight excluding hydrogens is 390 g/mol. The Kier molecular flexibility index (Phi) is 6.25. The van der Waals surface area contributed by atoms with Gasteiger partial charge in [-0.25, -0.2) is 9.78 Å². The van der Waals surface area contributed by atoms with Gasteiger partial charge in [-0.15, -0.1) is 0 Å². The van der Waals surface area contributed by atoms with Gasteiger partial charge in [0, 0.05) is 11.6 Å². The van der Waals surface area contributed by atoms with Crippen LogP contribution in [0.4, 0.5) is 8.78 Å². The summed E-state index contributed by atoms with van der Waals surface area (Å²) >= 11 is 0.139. The lowest BCUT2D eigenvalue weighted by Crippen LogP contribution is -2.31. The van der Waals surface area contributed by atoms with Gasteiger partial charge in [0.1, 0.15) is 16.4 Å². The summed E-state index contributed by atoms with van der Waals surface area (Å²) in [5, 5.41) is 3.41. The molecule has 0 saturated heterocycles. The van der Waals surface area contributed by atoms with Crippen molar-refractivity contribution in [2.45, 2.75) is 23.7 Å². The van der Waals surface area contributed by atoms with Crippen molar-refractivity contribution in [2.24, 2.45) is 0 Å². The fourth-order valence-electron chi connectivity index (χ4n) is 2.50. The number of rotatable bonds is 7. The molecule has 0 saturated carbocycles. The molecule has 1 amide bonds. The highest BCUT2D eigenvalue weighted by molar-refractivity contribution is 7.99.